The molecule has 0 saturated heterocycles. The molecule has 0 radical (unpaired) electrons. The lowest BCUT2D eigenvalue weighted by Crippen LogP contribution is -2.35. The number of rotatable bonds is 2. The molecular formula is C15H18N2O2. The molecule has 2 unspecified atom stereocenters. The fourth-order valence-corrected chi connectivity index (χ4v) is 2.78. The first kappa shape index (κ1) is 12.2. The molecule has 2 aliphatic rings. The van der Waals surface area contributed by atoms with Crippen molar-refractivity contribution < 1.29 is 9.63 Å². The minimum atomic E-state index is -0.0916. The van der Waals surface area contributed by atoms with Gasteiger partial charge in [0.1, 0.15) is 11.8 Å². The van der Waals surface area contributed by atoms with Crippen LogP contribution in [0.15, 0.2) is 29.4 Å². The van der Waals surface area contributed by atoms with E-state index in [1.54, 1.807) is 0 Å². The number of carbonyl (C=O) groups excluding carboxylic acids is 1. The van der Waals surface area contributed by atoms with Gasteiger partial charge in [-0.05, 0) is 37.3 Å². The Kier molecular flexibility index (Phi) is 3.23. The summed E-state index contributed by atoms with van der Waals surface area (Å²) in [5, 5.41) is 6.93. The van der Waals surface area contributed by atoms with E-state index in [9.17, 15) is 4.79 Å². The Bertz CT molecular complexity index is 525. The van der Waals surface area contributed by atoms with Crippen LogP contribution in [0.25, 0.3) is 0 Å². The average Bonchev–Trinajstić information content (AvgIpc) is 2.86. The van der Waals surface area contributed by atoms with Crippen LogP contribution in [-0.2, 0) is 16.1 Å². The quantitative estimate of drug-likeness (QED) is 0.885. The van der Waals surface area contributed by atoms with Gasteiger partial charge in [0.05, 0.1) is 6.04 Å². The van der Waals surface area contributed by atoms with Crippen molar-refractivity contribution in [2.45, 2.75) is 44.8 Å². The molecule has 4 heteroatoms. The number of aryl methyl sites for hydroxylation is 1. The molecule has 4 nitrogen and oxygen atoms in total. The summed E-state index contributed by atoms with van der Waals surface area (Å²) in [5.41, 5.74) is 3.10. The molecule has 1 aliphatic carbocycles. The highest BCUT2D eigenvalue weighted by atomic mass is 16.6. The SMILES string of the molecule is CC1CC(C(=O)NC2CCCc3ccccc32)=NO1. The Morgan fingerprint density at radius 1 is 1.42 bits per heavy atom. The zero-order chi connectivity index (χ0) is 13.2. The minimum Gasteiger partial charge on any atom is -0.392 e. The van der Waals surface area contributed by atoms with E-state index < -0.39 is 0 Å². The van der Waals surface area contributed by atoms with Gasteiger partial charge in [0.25, 0.3) is 5.91 Å². The van der Waals surface area contributed by atoms with E-state index in [0.717, 1.165) is 19.3 Å². The zero-order valence-electron chi connectivity index (χ0n) is 11.1. The fourth-order valence-electron chi connectivity index (χ4n) is 2.78. The molecule has 0 bridgehead atoms. The van der Waals surface area contributed by atoms with Crippen molar-refractivity contribution in [3.05, 3.63) is 35.4 Å². The van der Waals surface area contributed by atoms with E-state index in [1.807, 2.05) is 13.0 Å². The van der Waals surface area contributed by atoms with Gasteiger partial charge < -0.3 is 10.2 Å². The Morgan fingerprint density at radius 2 is 2.26 bits per heavy atom. The summed E-state index contributed by atoms with van der Waals surface area (Å²) < 4.78 is 0. The second-order valence-corrected chi connectivity index (χ2v) is 5.28. The number of amides is 1. The third-order valence-corrected chi connectivity index (χ3v) is 3.76. The number of hydrogen-bond donors (Lipinski definition) is 1. The standard InChI is InChI=1S/C15H18N2O2/c1-10-9-14(17-19-10)15(18)16-13-8-4-6-11-5-2-3-7-12(11)13/h2-3,5,7,10,13H,4,6,8-9H2,1H3,(H,16,18). The molecule has 0 saturated carbocycles. The van der Waals surface area contributed by atoms with Crippen LogP contribution in [0.2, 0.25) is 0 Å². The molecule has 19 heavy (non-hydrogen) atoms. The van der Waals surface area contributed by atoms with Crippen LogP contribution in [0, 0.1) is 0 Å². The summed E-state index contributed by atoms with van der Waals surface area (Å²) in [6.07, 6.45) is 3.82. The van der Waals surface area contributed by atoms with Crippen LogP contribution >= 0.6 is 0 Å². The molecule has 1 aromatic rings. The lowest BCUT2D eigenvalue weighted by Gasteiger charge is -2.26. The topological polar surface area (TPSA) is 50.7 Å². The third-order valence-electron chi connectivity index (χ3n) is 3.76. The lowest BCUT2D eigenvalue weighted by atomic mass is 9.87. The molecule has 3 rings (SSSR count). The van der Waals surface area contributed by atoms with Crippen molar-refractivity contribution in [1.29, 1.82) is 0 Å². The molecule has 1 aromatic carbocycles. The van der Waals surface area contributed by atoms with Crippen LogP contribution in [0.5, 0.6) is 0 Å². The van der Waals surface area contributed by atoms with Crippen molar-refractivity contribution in [3.63, 3.8) is 0 Å². The first-order chi connectivity index (χ1) is 9.24. The van der Waals surface area contributed by atoms with Gasteiger partial charge >= 0.3 is 0 Å². The number of fused-ring (bicyclic) bond motifs is 1. The smallest absolute Gasteiger partial charge is 0.269 e. The van der Waals surface area contributed by atoms with E-state index in [0.29, 0.717) is 12.1 Å². The molecule has 2 atom stereocenters. The van der Waals surface area contributed by atoms with Gasteiger partial charge in [-0.3, -0.25) is 4.79 Å². The molecule has 0 spiro atoms. The van der Waals surface area contributed by atoms with Gasteiger partial charge in [0.2, 0.25) is 0 Å². The first-order valence-corrected chi connectivity index (χ1v) is 6.85. The molecule has 0 aromatic heterocycles. The van der Waals surface area contributed by atoms with Gasteiger partial charge in [0.15, 0.2) is 0 Å². The zero-order valence-corrected chi connectivity index (χ0v) is 11.1. The average molecular weight is 258 g/mol. The predicted molar refractivity (Wildman–Crippen MR) is 72.9 cm³/mol. The van der Waals surface area contributed by atoms with Crippen LogP contribution in [0.4, 0.5) is 0 Å². The van der Waals surface area contributed by atoms with E-state index in [4.69, 9.17) is 4.84 Å². The summed E-state index contributed by atoms with van der Waals surface area (Å²) in [7, 11) is 0. The van der Waals surface area contributed by atoms with Crippen molar-refractivity contribution in [1.82, 2.24) is 5.32 Å². The van der Waals surface area contributed by atoms with Gasteiger partial charge in [-0.25, -0.2) is 0 Å². The first-order valence-electron chi connectivity index (χ1n) is 6.85. The summed E-state index contributed by atoms with van der Waals surface area (Å²) in [5.74, 6) is -0.0916. The monoisotopic (exact) mass is 258 g/mol. The maximum absolute atomic E-state index is 12.1. The number of oxime groups is 1. The highest BCUT2D eigenvalue weighted by Crippen LogP contribution is 2.29. The Labute approximate surface area is 112 Å². The molecular weight excluding hydrogens is 240 g/mol. The second kappa shape index (κ2) is 5.03. The normalized spacial score (nSPS) is 25.2. The molecule has 1 aliphatic heterocycles. The van der Waals surface area contributed by atoms with Gasteiger partial charge in [-0.15, -0.1) is 0 Å². The third kappa shape index (κ3) is 2.48. The summed E-state index contributed by atoms with van der Waals surface area (Å²) in [4.78, 5) is 17.2. The van der Waals surface area contributed by atoms with Crippen LogP contribution in [0.3, 0.4) is 0 Å². The maximum Gasteiger partial charge on any atom is 0.269 e. The summed E-state index contributed by atoms with van der Waals surface area (Å²) in [6.45, 7) is 1.92. The van der Waals surface area contributed by atoms with E-state index in [1.165, 1.54) is 11.1 Å². The minimum absolute atomic E-state index is 0.0133. The number of benzene rings is 1. The summed E-state index contributed by atoms with van der Waals surface area (Å²) >= 11 is 0. The lowest BCUT2D eigenvalue weighted by molar-refractivity contribution is -0.115. The van der Waals surface area contributed by atoms with Crippen LogP contribution in [-0.4, -0.2) is 17.7 Å². The number of hydrogen-bond acceptors (Lipinski definition) is 3. The second-order valence-electron chi connectivity index (χ2n) is 5.28. The van der Waals surface area contributed by atoms with Gasteiger partial charge in [-0.2, -0.15) is 0 Å². The maximum atomic E-state index is 12.1. The molecule has 100 valence electrons. The van der Waals surface area contributed by atoms with Crippen LogP contribution < -0.4 is 5.32 Å². The highest BCUT2D eigenvalue weighted by molar-refractivity contribution is 6.39. The number of nitrogens with zero attached hydrogens (tertiary/aromatic N) is 1. The number of nitrogens with one attached hydrogen (secondary N) is 1. The summed E-state index contributed by atoms with van der Waals surface area (Å²) in [6, 6.07) is 8.44. The molecule has 0 fully saturated rings. The van der Waals surface area contributed by atoms with Crippen molar-refractivity contribution in [2.24, 2.45) is 5.16 Å². The van der Waals surface area contributed by atoms with Crippen molar-refractivity contribution in [2.75, 3.05) is 0 Å². The van der Waals surface area contributed by atoms with Gasteiger partial charge in [-0.1, -0.05) is 29.4 Å². The fraction of sp³-hybridized carbons (Fsp3) is 0.467. The molecule has 1 heterocycles. The molecule has 1 amide bonds. The Morgan fingerprint density at radius 3 is 3.05 bits per heavy atom. The van der Waals surface area contributed by atoms with E-state index in [2.05, 4.69) is 28.7 Å². The van der Waals surface area contributed by atoms with Crippen molar-refractivity contribution in [3.8, 4) is 0 Å². The van der Waals surface area contributed by atoms with Crippen LogP contribution in [0.1, 0.15) is 43.4 Å². The molecule has 1 N–H and O–H groups in total. The van der Waals surface area contributed by atoms with Crippen molar-refractivity contribution >= 4 is 11.6 Å². The van der Waals surface area contributed by atoms with E-state index >= 15 is 0 Å². The van der Waals surface area contributed by atoms with E-state index in [-0.39, 0.29) is 18.1 Å². The number of carbonyl (C=O) groups is 1. The predicted octanol–water partition coefficient (Wildman–Crippen LogP) is 2.34. The largest absolute Gasteiger partial charge is 0.392 e. The van der Waals surface area contributed by atoms with Gasteiger partial charge in [0, 0.05) is 6.42 Å². The highest BCUT2D eigenvalue weighted by Gasteiger charge is 2.27. The Balaban J connectivity index is 1.73. The Hall–Kier alpha value is -1.84.